The normalized spacial score (nSPS) is 16.5. The summed E-state index contributed by atoms with van der Waals surface area (Å²) >= 11 is 8.68. The number of thioether (sulfide) groups is 1. The minimum Gasteiger partial charge on any atom is -0.266 e. The molecule has 1 aliphatic rings. The molecular formula is C15H10ClFN2OS2. The van der Waals surface area contributed by atoms with Gasteiger partial charge >= 0.3 is 0 Å². The third-order valence-corrected chi connectivity index (χ3v) is 4.74. The minimum atomic E-state index is -0.519. The predicted octanol–water partition coefficient (Wildman–Crippen LogP) is 4.65. The molecule has 1 aromatic carbocycles. The van der Waals surface area contributed by atoms with Crippen LogP contribution in [0.5, 0.6) is 0 Å². The molecule has 22 heavy (non-hydrogen) atoms. The Labute approximate surface area is 140 Å². The van der Waals surface area contributed by atoms with Gasteiger partial charge in [0.25, 0.3) is 5.91 Å². The lowest BCUT2D eigenvalue weighted by Gasteiger charge is -2.17. The highest BCUT2D eigenvalue weighted by atomic mass is 35.5. The lowest BCUT2D eigenvalue weighted by Crippen LogP contribution is -2.30. The SMILES string of the molecule is CSC1=N/C(=C/c2cccs2)C(=O)N1c1ccc(F)c(Cl)c1. The van der Waals surface area contributed by atoms with Gasteiger partial charge in [-0.05, 0) is 42.0 Å². The third-order valence-electron chi connectivity index (χ3n) is 3.00. The van der Waals surface area contributed by atoms with E-state index in [2.05, 4.69) is 4.99 Å². The predicted molar refractivity (Wildman–Crippen MR) is 92.1 cm³/mol. The number of nitrogens with zero attached hydrogens (tertiary/aromatic N) is 2. The van der Waals surface area contributed by atoms with Crippen LogP contribution in [-0.2, 0) is 4.79 Å². The zero-order valence-corrected chi connectivity index (χ0v) is 13.8. The number of amides is 1. The molecule has 0 unspecified atom stereocenters. The second kappa shape index (κ2) is 6.24. The fraction of sp³-hybridized carbons (Fsp3) is 0.0667. The average Bonchev–Trinajstić information content (AvgIpc) is 3.11. The summed E-state index contributed by atoms with van der Waals surface area (Å²) in [6.45, 7) is 0. The van der Waals surface area contributed by atoms with Crippen molar-refractivity contribution in [2.45, 2.75) is 0 Å². The summed E-state index contributed by atoms with van der Waals surface area (Å²) in [5.74, 6) is -0.769. The molecule has 1 aromatic heterocycles. The number of thiophene rings is 1. The lowest BCUT2D eigenvalue weighted by molar-refractivity contribution is -0.113. The highest BCUT2D eigenvalue weighted by Gasteiger charge is 2.31. The van der Waals surface area contributed by atoms with Crippen LogP contribution >= 0.6 is 34.7 Å². The van der Waals surface area contributed by atoms with E-state index in [0.29, 0.717) is 16.6 Å². The number of hydrogen-bond donors (Lipinski definition) is 0. The number of carbonyl (C=O) groups excluding carboxylic acids is 1. The first-order chi connectivity index (χ1) is 10.6. The molecule has 2 aromatic rings. The van der Waals surface area contributed by atoms with Gasteiger partial charge in [-0.1, -0.05) is 29.4 Å². The second-order valence-electron chi connectivity index (χ2n) is 4.38. The Bertz CT molecular complexity index is 787. The Hall–Kier alpha value is -1.63. The van der Waals surface area contributed by atoms with E-state index in [9.17, 15) is 9.18 Å². The van der Waals surface area contributed by atoms with E-state index in [-0.39, 0.29) is 10.9 Å². The summed E-state index contributed by atoms with van der Waals surface area (Å²) < 4.78 is 13.3. The zero-order valence-electron chi connectivity index (χ0n) is 11.4. The Kier molecular flexibility index (Phi) is 4.33. The summed E-state index contributed by atoms with van der Waals surface area (Å²) in [5.41, 5.74) is 0.853. The van der Waals surface area contributed by atoms with Gasteiger partial charge in [-0.2, -0.15) is 0 Å². The molecule has 0 saturated carbocycles. The summed E-state index contributed by atoms with van der Waals surface area (Å²) in [6, 6.07) is 8.00. The van der Waals surface area contributed by atoms with E-state index in [1.54, 1.807) is 6.08 Å². The van der Waals surface area contributed by atoms with Crippen LogP contribution in [0.15, 0.2) is 46.4 Å². The van der Waals surface area contributed by atoms with Crippen LogP contribution in [0.2, 0.25) is 5.02 Å². The molecule has 0 spiro atoms. The molecule has 0 bridgehead atoms. The van der Waals surface area contributed by atoms with E-state index in [1.807, 2.05) is 23.8 Å². The third kappa shape index (κ3) is 2.82. The van der Waals surface area contributed by atoms with Crippen LogP contribution in [0, 0.1) is 5.82 Å². The van der Waals surface area contributed by atoms with Crippen molar-refractivity contribution in [3.63, 3.8) is 0 Å². The van der Waals surface area contributed by atoms with Gasteiger partial charge in [-0.25, -0.2) is 9.38 Å². The van der Waals surface area contributed by atoms with Crippen molar-refractivity contribution in [1.82, 2.24) is 0 Å². The van der Waals surface area contributed by atoms with Crippen LogP contribution in [0.4, 0.5) is 10.1 Å². The van der Waals surface area contributed by atoms with Crippen molar-refractivity contribution in [2.24, 2.45) is 4.99 Å². The molecule has 0 N–H and O–H groups in total. The van der Waals surface area contributed by atoms with E-state index in [1.165, 1.54) is 46.2 Å². The highest BCUT2D eigenvalue weighted by molar-refractivity contribution is 8.13. The number of hydrogen-bond acceptors (Lipinski definition) is 4. The summed E-state index contributed by atoms with van der Waals surface area (Å²) in [7, 11) is 0. The molecule has 0 radical (unpaired) electrons. The average molecular weight is 353 g/mol. The van der Waals surface area contributed by atoms with Gasteiger partial charge in [-0.15, -0.1) is 11.3 Å². The largest absolute Gasteiger partial charge is 0.283 e. The molecule has 112 valence electrons. The maximum atomic E-state index is 13.3. The van der Waals surface area contributed by atoms with Gasteiger partial charge in [0.1, 0.15) is 11.5 Å². The molecule has 1 aliphatic heterocycles. The van der Waals surface area contributed by atoms with Crippen molar-refractivity contribution in [2.75, 3.05) is 11.2 Å². The summed E-state index contributed by atoms with van der Waals surface area (Å²) in [6.07, 6.45) is 3.58. The van der Waals surface area contributed by atoms with Gasteiger partial charge in [0, 0.05) is 4.88 Å². The van der Waals surface area contributed by atoms with Crippen LogP contribution in [-0.4, -0.2) is 17.3 Å². The van der Waals surface area contributed by atoms with Crippen molar-refractivity contribution in [3.8, 4) is 0 Å². The summed E-state index contributed by atoms with van der Waals surface area (Å²) in [5, 5.41) is 2.44. The lowest BCUT2D eigenvalue weighted by atomic mass is 10.2. The van der Waals surface area contributed by atoms with Crippen LogP contribution in [0.1, 0.15) is 4.88 Å². The topological polar surface area (TPSA) is 32.7 Å². The Balaban J connectivity index is 2.00. The molecule has 3 nitrogen and oxygen atoms in total. The Morgan fingerprint density at radius 3 is 2.86 bits per heavy atom. The molecule has 0 aliphatic carbocycles. The van der Waals surface area contributed by atoms with E-state index in [4.69, 9.17) is 11.6 Å². The van der Waals surface area contributed by atoms with Gasteiger partial charge in [0.2, 0.25) is 0 Å². The van der Waals surface area contributed by atoms with E-state index in [0.717, 1.165) is 4.88 Å². The van der Waals surface area contributed by atoms with Crippen molar-refractivity contribution in [1.29, 1.82) is 0 Å². The molecule has 0 fully saturated rings. The van der Waals surface area contributed by atoms with Crippen LogP contribution in [0.25, 0.3) is 6.08 Å². The van der Waals surface area contributed by atoms with Gasteiger partial charge in [0.15, 0.2) is 5.17 Å². The standard InChI is InChI=1S/C15H10ClFN2OS2/c1-21-15-18-13(8-10-3-2-6-22-10)14(20)19(15)9-4-5-12(17)11(16)7-9/h2-8H,1H3/b13-8+. The number of carbonyl (C=O) groups is 1. The van der Waals surface area contributed by atoms with Crippen LogP contribution < -0.4 is 4.90 Å². The highest BCUT2D eigenvalue weighted by Crippen LogP contribution is 2.31. The number of rotatable bonds is 2. The maximum Gasteiger partial charge on any atom is 0.283 e. The quantitative estimate of drug-likeness (QED) is 0.737. The molecule has 0 atom stereocenters. The molecule has 2 heterocycles. The first-order valence-corrected chi connectivity index (χ1v) is 8.76. The number of aliphatic imine (C=N–C) groups is 1. The first-order valence-electron chi connectivity index (χ1n) is 6.27. The van der Waals surface area contributed by atoms with Gasteiger partial charge in [0.05, 0.1) is 10.7 Å². The maximum absolute atomic E-state index is 13.3. The van der Waals surface area contributed by atoms with E-state index >= 15 is 0 Å². The van der Waals surface area contributed by atoms with Crippen molar-refractivity contribution < 1.29 is 9.18 Å². The Morgan fingerprint density at radius 1 is 1.41 bits per heavy atom. The number of anilines is 1. The van der Waals surface area contributed by atoms with Crippen LogP contribution in [0.3, 0.4) is 0 Å². The smallest absolute Gasteiger partial charge is 0.266 e. The van der Waals surface area contributed by atoms with Gasteiger partial charge < -0.3 is 0 Å². The zero-order chi connectivity index (χ0) is 15.7. The molecule has 1 amide bonds. The molecule has 0 saturated heterocycles. The molecule has 3 rings (SSSR count). The van der Waals surface area contributed by atoms with Crippen molar-refractivity contribution >= 4 is 57.5 Å². The fourth-order valence-corrected chi connectivity index (χ4v) is 3.38. The monoisotopic (exact) mass is 352 g/mol. The Morgan fingerprint density at radius 2 is 2.23 bits per heavy atom. The second-order valence-corrected chi connectivity index (χ2v) is 6.54. The number of benzene rings is 1. The van der Waals surface area contributed by atoms with Crippen molar-refractivity contribution in [3.05, 3.63) is 57.1 Å². The molecule has 7 heteroatoms. The number of halogens is 2. The number of amidine groups is 1. The fourth-order valence-electron chi connectivity index (χ4n) is 1.99. The minimum absolute atomic E-state index is 0.0264. The first kappa shape index (κ1) is 15.3. The summed E-state index contributed by atoms with van der Waals surface area (Å²) in [4.78, 5) is 19.3. The van der Waals surface area contributed by atoms with E-state index < -0.39 is 5.82 Å². The van der Waals surface area contributed by atoms with Gasteiger partial charge in [-0.3, -0.25) is 9.69 Å². The molecular weight excluding hydrogens is 343 g/mol.